The number of benzene rings is 2. The Morgan fingerprint density at radius 2 is 1.54 bits per heavy atom. The number of nitrogens with one attached hydrogen (secondary N) is 1. The summed E-state index contributed by atoms with van der Waals surface area (Å²) in [6.07, 6.45) is 11.8. The zero-order chi connectivity index (χ0) is 25.1. The Kier molecular flexibility index (Phi) is 9.24. The Labute approximate surface area is 208 Å². The van der Waals surface area contributed by atoms with E-state index in [0.29, 0.717) is 0 Å². The topological polar surface area (TPSA) is 60.5 Å². The molecule has 0 spiro atoms. The molecular weight excluding hydrogens is 436 g/mol. The highest BCUT2D eigenvalue weighted by Crippen LogP contribution is 2.27. The molecule has 2 aromatic carbocycles. The predicted octanol–water partition coefficient (Wildman–Crippen LogP) is 6.00. The van der Waals surface area contributed by atoms with E-state index in [1.807, 2.05) is 66.9 Å². The molecule has 0 fully saturated rings. The highest BCUT2D eigenvalue weighted by molar-refractivity contribution is 5.89. The molecule has 1 N–H and O–H groups in total. The molecule has 182 valence electrons. The molecule has 0 aliphatic heterocycles. The zero-order valence-corrected chi connectivity index (χ0v) is 21.0. The Morgan fingerprint density at radius 3 is 2.06 bits per heavy atom. The Morgan fingerprint density at radius 1 is 0.943 bits per heavy atom. The average Bonchev–Trinajstić information content (AvgIpc) is 2.87. The van der Waals surface area contributed by atoms with Crippen molar-refractivity contribution in [3.05, 3.63) is 108 Å². The van der Waals surface area contributed by atoms with Crippen molar-refractivity contribution in [2.75, 3.05) is 14.2 Å². The van der Waals surface area contributed by atoms with Crippen LogP contribution in [0, 0.1) is 0 Å². The lowest BCUT2D eigenvalue weighted by atomic mass is 9.95. The van der Waals surface area contributed by atoms with Gasteiger partial charge in [-0.3, -0.25) is 9.78 Å². The molecule has 0 aliphatic rings. The molecule has 1 heterocycles. The molecular formula is C30H34N2O3. The molecule has 5 nitrogen and oxygen atoms in total. The van der Waals surface area contributed by atoms with Gasteiger partial charge >= 0.3 is 0 Å². The van der Waals surface area contributed by atoms with E-state index in [4.69, 9.17) is 9.47 Å². The smallest absolute Gasteiger partial charge is 0.244 e. The fourth-order valence-electron chi connectivity index (χ4n) is 3.85. The first-order chi connectivity index (χ1) is 16.9. The van der Waals surface area contributed by atoms with E-state index in [-0.39, 0.29) is 11.4 Å². The first-order valence-electron chi connectivity index (χ1n) is 11.8. The van der Waals surface area contributed by atoms with Crippen LogP contribution in [0.25, 0.3) is 5.57 Å². The molecule has 0 saturated heterocycles. The van der Waals surface area contributed by atoms with Crippen LogP contribution in [0.2, 0.25) is 0 Å². The highest BCUT2D eigenvalue weighted by atomic mass is 16.5. The van der Waals surface area contributed by atoms with Crippen molar-refractivity contribution in [1.29, 1.82) is 0 Å². The maximum atomic E-state index is 12.6. The second kappa shape index (κ2) is 12.6. The molecule has 0 aliphatic carbocycles. The number of aryl methyl sites for hydroxylation is 1. The number of aromatic nitrogens is 1. The average molecular weight is 471 g/mol. The highest BCUT2D eigenvalue weighted by Gasteiger charge is 2.18. The van der Waals surface area contributed by atoms with Crippen molar-refractivity contribution in [1.82, 2.24) is 10.3 Å². The molecule has 3 rings (SSSR count). The van der Waals surface area contributed by atoms with Gasteiger partial charge < -0.3 is 14.8 Å². The van der Waals surface area contributed by atoms with Gasteiger partial charge in [0.25, 0.3) is 0 Å². The van der Waals surface area contributed by atoms with Gasteiger partial charge in [-0.25, -0.2) is 0 Å². The molecule has 0 radical (unpaired) electrons. The maximum Gasteiger partial charge on any atom is 0.244 e. The molecule has 0 atom stereocenters. The van der Waals surface area contributed by atoms with Crippen LogP contribution in [0.4, 0.5) is 0 Å². The number of ether oxygens (including phenoxy) is 2. The number of hydrogen-bond donors (Lipinski definition) is 1. The van der Waals surface area contributed by atoms with Crippen molar-refractivity contribution < 1.29 is 14.3 Å². The number of methoxy groups -OCH3 is 2. The Balaban J connectivity index is 1.68. The summed E-state index contributed by atoms with van der Waals surface area (Å²) in [5, 5.41) is 3.12. The second-order valence-electron chi connectivity index (χ2n) is 8.98. The summed E-state index contributed by atoms with van der Waals surface area (Å²) in [7, 11) is 3.30. The van der Waals surface area contributed by atoms with Gasteiger partial charge in [-0.05, 0) is 85.7 Å². The third kappa shape index (κ3) is 8.14. The van der Waals surface area contributed by atoms with Gasteiger partial charge in [-0.1, -0.05) is 42.5 Å². The van der Waals surface area contributed by atoms with Crippen LogP contribution in [-0.4, -0.2) is 30.6 Å². The van der Waals surface area contributed by atoms with Crippen molar-refractivity contribution in [2.45, 2.75) is 38.6 Å². The van der Waals surface area contributed by atoms with E-state index in [1.54, 1.807) is 32.6 Å². The number of carbonyl (C=O) groups is 1. The molecule has 5 heteroatoms. The fourth-order valence-corrected chi connectivity index (χ4v) is 3.85. The summed E-state index contributed by atoms with van der Waals surface area (Å²) in [5.41, 5.74) is 3.95. The normalized spacial score (nSPS) is 11.2. The van der Waals surface area contributed by atoms with Crippen molar-refractivity contribution in [3.63, 3.8) is 0 Å². The monoisotopic (exact) mass is 470 g/mol. The molecule has 3 aromatic rings. The zero-order valence-electron chi connectivity index (χ0n) is 21.0. The minimum Gasteiger partial charge on any atom is -0.497 e. The van der Waals surface area contributed by atoms with Crippen LogP contribution in [0.3, 0.4) is 0 Å². The van der Waals surface area contributed by atoms with E-state index in [0.717, 1.165) is 47.5 Å². The molecule has 1 aromatic heterocycles. The van der Waals surface area contributed by atoms with Crippen LogP contribution < -0.4 is 14.8 Å². The summed E-state index contributed by atoms with van der Waals surface area (Å²) >= 11 is 0. The van der Waals surface area contributed by atoms with Crippen LogP contribution in [0.5, 0.6) is 11.5 Å². The van der Waals surface area contributed by atoms with E-state index < -0.39 is 0 Å². The SMILES string of the molecule is COc1ccc(C(=C/C=C/C(=O)NC(C)(C)CCCc2cccnc2)c2ccc(OC)cc2)cc1. The van der Waals surface area contributed by atoms with Crippen molar-refractivity contribution >= 4 is 11.5 Å². The minimum absolute atomic E-state index is 0.114. The van der Waals surface area contributed by atoms with Gasteiger partial charge in [-0.15, -0.1) is 0 Å². The van der Waals surface area contributed by atoms with Crippen LogP contribution in [0.1, 0.15) is 43.4 Å². The van der Waals surface area contributed by atoms with Crippen LogP contribution in [0.15, 0.2) is 91.3 Å². The molecule has 1 amide bonds. The largest absolute Gasteiger partial charge is 0.497 e. The Bertz CT molecular complexity index is 1080. The van der Waals surface area contributed by atoms with E-state index in [1.165, 1.54) is 5.56 Å². The second-order valence-corrected chi connectivity index (χ2v) is 8.98. The van der Waals surface area contributed by atoms with E-state index in [9.17, 15) is 4.79 Å². The lowest BCUT2D eigenvalue weighted by Crippen LogP contribution is -2.42. The van der Waals surface area contributed by atoms with Crippen molar-refractivity contribution in [2.24, 2.45) is 0 Å². The lowest BCUT2D eigenvalue weighted by molar-refractivity contribution is -0.118. The van der Waals surface area contributed by atoms with Gasteiger partial charge in [0.15, 0.2) is 0 Å². The lowest BCUT2D eigenvalue weighted by Gasteiger charge is -2.25. The maximum absolute atomic E-state index is 12.6. The van der Waals surface area contributed by atoms with Gasteiger partial charge in [0, 0.05) is 24.0 Å². The van der Waals surface area contributed by atoms with Crippen LogP contribution >= 0.6 is 0 Å². The number of carbonyl (C=O) groups excluding carboxylic acids is 1. The summed E-state index contributed by atoms with van der Waals surface area (Å²) in [5.74, 6) is 1.48. The number of hydrogen-bond acceptors (Lipinski definition) is 4. The standard InChI is InChI=1S/C30H34N2O3/c1-30(2,20-6-8-23-9-7-21-31-22-23)32-29(33)11-5-10-28(24-12-16-26(34-3)17-13-24)25-14-18-27(35-4)19-15-25/h5,7,9-19,21-22H,6,8,20H2,1-4H3,(H,32,33)/b11-5+. The van der Waals surface area contributed by atoms with Crippen LogP contribution in [-0.2, 0) is 11.2 Å². The number of nitrogens with zero attached hydrogens (tertiary/aromatic N) is 1. The molecule has 35 heavy (non-hydrogen) atoms. The minimum atomic E-state index is -0.303. The van der Waals surface area contributed by atoms with Gasteiger partial charge in [0.05, 0.1) is 14.2 Å². The first kappa shape index (κ1) is 25.8. The predicted molar refractivity (Wildman–Crippen MR) is 142 cm³/mol. The number of pyridine rings is 1. The van der Waals surface area contributed by atoms with Crippen molar-refractivity contribution in [3.8, 4) is 11.5 Å². The van der Waals surface area contributed by atoms with Gasteiger partial charge in [0.1, 0.15) is 11.5 Å². The summed E-state index contributed by atoms with van der Waals surface area (Å²) in [6, 6.07) is 19.8. The number of allylic oxidation sites excluding steroid dienone is 2. The van der Waals surface area contributed by atoms with Gasteiger partial charge in [-0.2, -0.15) is 0 Å². The number of rotatable bonds is 11. The summed E-state index contributed by atoms with van der Waals surface area (Å²) < 4.78 is 10.6. The van der Waals surface area contributed by atoms with Gasteiger partial charge in [0.2, 0.25) is 5.91 Å². The van der Waals surface area contributed by atoms with E-state index in [2.05, 4.69) is 30.2 Å². The third-order valence-corrected chi connectivity index (χ3v) is 5.76. The Hall–Kier alpha value is -3.86. The number of amides is 1. The van der Waals surface area contributed by atoms with E-state index >= 15 is 0 Å². The molecule has 0 unspecified atom stereocenters. The first-order valence-corrected chi connectivity index (χ1v) is 11.8. The summed E-state index contributed by atoms with van der Waals surface area (Å²) in [6.45, 7) is 4.11. The quantitative estimate of drug-likeness (QED) is 0.276. The third-order valence-electron chi connectivity index (χ3n) is 5.76. The summed E-state index contributed by atoms with van der Waals surface area (Å²) in [4.78, 5) is 16.8. The fraction of sp³-hybridized carbons (Fsp3) is 0.267. The molecule has 0 saturated carbocycles. The molecule has 0 bridgehead atoms.